The zero-order chi connectivity index (χ0) is 23.3. The maximum absolute atomic E-state index is 13.0. The molecule has 3 aromatic carbocycles. The van der Waals surface area contributed by atoms with Gasteiger partial charge in [-0.05, 0) is 61.7 Å². The molecule has 0 saturated carbocycles. The number of ketones is 2. The van der Waals surface area contributed by atoms with E-state index in [1.54, 1.807) is 18.2 Å². The van der Waals surface area contributed by atoms with Crippen LogP contribution in [0, 0.1) is 5.82 Å². The molecule has 1 N–H and O–H groups in total. The molecule has 0 unspecified atom stereocenters. The summed E-state index contributed by atoms with van der Waals surface area (Å²) in [7, 11) is 0. The molecule has 3 aromatic rings. The molecule has 33 heavy (non-hydrogen) atoms. The van der Waals surface area contributed by atoms with E-state index in [1.807, 2.05) is 36.4 Å². The summed E-state index contributed by atoms with van der Waals surface area (Å²) in [5.41, 5.74) is 1.55. The minimum Gasteiger partial charge on any atom is -0.385 e. The molecule has 1 saturated heterocycles. The van der Waals surface area contributed by atoms with Gasteiger partial charge in [-0.15, -0.1) is 0 Å². The van der Waals surface area contributed by atoms with Gasteiger partial charge in [-0.3, -0.25) is 9.59 Å². The maximum Gasteiger partial charge on any atom is 0.193 e. The predicted octanol–water partition coefficient (Wildman–Crippen LogP) is 5.00. The van der Waals surface area contributed by atoms with Crippen LogP contribution in [-0.4, -0.2) is 41.2 Å². The minimum absolute atomic E-state index is 0.0170. The first-order chi connectivity index (χ1) is 15.9. The Morgan fingerprint density at radius 2 is 1.52 bits per heavy atom. The lowest BCUT2D eigenvalue weighted by Crippen LogP contribution is -2.43. The zero-order valence-electron chi connectivity index (χ0n) is 18.5. The van der Waals surface area contributed by atoms with Crippen molar-refractivity contribution in [1.82, 2.24) is 4.90 Å². The Hall–Kier alpha value is -3.15. The summed E-state index contributed by atoms with van der Waals surface area (Å²) in [6, 6.07) is 22.1. The first-order valence-corrected chi connectivity index (χ1v) is 11.4. The van der Waals surface area contributed by atoms with Gasteiger partial charge in [0, 0.05) is 36.2 Å². The number of nitrogens with zero attached hydrogens (tertiary/aromatic N) is 1. The van der Waals surface area contributed by atoms with Crippen LogP contribution in [0.2, 0.25) is 0 Å². The summed E-state index contributed by atoms with van der Waals surface area (Å²) in [4.78, 5) is 27.3. The average Bonchev–Trinajstić information content (AvgIpc) is 2.86. The van der Waals surface area contributed by atoms with Crippen molar-refractivity contribution < 1.29 is 19.1 Å². The van der Waals surface area contributed by atoms with Crippen LogP contribution in [0.4, 0.5) is 4.39 Å². The van der Waals surface area contributed by atoms with E-state index in [1.165, 1.54) is 24.3 Å². The molecule has 0 aromatic heterocycles. The number of Topliss-reactive ketones (excluding diaryl/α,β-unsaturated/α-hetero) is 1. The minimum atomic E-state index is -0.965. The van der Waals surface area contributed by atoms with E-state index < -0.39 is 5.60 Å². The normalized spacial score (nSPS) is 15.8. The van der Waals surface area contributed by atoms with E-state index in [9.17, 15) is 19.1 Å². The average molecular weight is 446 g/mol. The Balaban J connectivity index is 1.31. The van der Waals surface area contributed by atoms with Gasteiger partial charge in [0.25, 0.3) is 0 Å². The van der Waals surface area contributed by atoms with Crippen LogP contribution in [0.1, 0.15) is 57.5 Å². The molecule has 1 fully saturated rings. The number of halogens is 1. The number of hydrogen-bond acceptors (Lipinski definition) is 4. The molecule has 0 spiro atoms. The van der Waals surface area contributed by atoms with Crippen LogP contribution in [0.3, 0.4) is 0 Å². The lowest BCUT2D eigenvalue weighted by Gasteiger charge is -2.38. The van der Waals surface area contributed by atoms with Crippen molar-refractivity contribution >= 4 is 11.6 Å². The van der Waals surface area contributed by atoms with Crippen molar-refractivity contribution in [3.05, 3.63) is 107 Å². The van der Waals surface area contributed by atoms with Crippen molar-refractivity contribution in [2.75, 3.05) is 19.6 Å². The van der Waals surface area contributed by atoms with Gasteiger partial charge < -0.3 is 10.0 Å². The molecule has 0 bridgehead atoms. The first kappa shape index (κ1) is 23.0. The van der Waals surface area contributed by atoms with Gasteiger partial charge in [-0.2, -0.15) is 0 Å². The lowest BCUT2D eigenvalue weighted by molar-refractivity contribution is -0.0260. The van der Waals surface area contributed by atoms with Crippen LogP contribution in [-0.2, 0) is 5.60 Å². The number of piperidine rings is 1. The lowest BCUT2D eigenvalue weighted by atomic mass is 9.83. The Morgan fingerprint density at radius 1 is 0.848 bits per heavy atom. The number of carbonyl (C=O) groups excluding carboxylic acids is 2. The fourth-order valence-corrected chi connectivity index (χ4v) is 4.38. The molecule has 0 atom stereocenters. The van der Waals surface area contributed by atoms with E-state index in [0.717, 1.165) is 31.6 Å². The quantitative estimate of drug-likeness (QED) is 0.496. The summed E-state index contributed by atoms with van der Waals surface area (Å²) in [6.07, 6.45) is 2.27. The van der Waals surface area contributed by atoms with Crippen LogP contribution in [0.5, 0.6) is 0 Å². The van der Waals surface area contributed by atoms with Gasteiger partial charge in [-0.1, -0.05) is 48.5 Å². The van der Waals surface area contributed by atoms with E-state index in [4.69, 9.17) is 0 Å². The molecule has 0 aliphatic carbocycles. The second kappa shape index (κ2) is 10.2. The third kappa shape index (κ3) is 5.62. The summed E-state index contributed by atoms with van der Waals surface area (Å²) >= 11 is 0. The highest BCUT2D eigenvalue weighted by Gasteiger charge is 2.34. The van der Waals surface area contributed by atoms with Gasteiger partial charge in [-0.25, -0.2) is 4.39 Å². The summed E-state index contributed by atoms with van der Waals surface area (Å²) in [5.74, 6) is -0.380. The van der Waals surface area contributed by atoms with Crippen molar-refractivity contribution in [1.29, 1.82) is 0 Å². The third-order valence-electron chi connectivity index (χ3n) is 6.43. The molecule has 1 aliphatic rings. The van der Waals surface area contributed by atoms with Gasteiger partial charge in [0.15, 0.2) is 11.6 Å². The van der Waals surface area contributed by atoms with Crippen LogP contribution >= 0.6 is 0 Å². The molecule has 1 aliphatic heterocycles. The standard InChI is InChI=1S/C28H28FNO3/c29-25-13-11-21(12-14-25)26(31)10-5-17-30-18-15-28(33,16-19-30)24-9-4-8-23(20-24)27(32)22-6-2-1-3-7-22/h1-4,6-9,11-14,20,33H,5,10,15-19H2. The highest BCUT2D eigenvalue weighted by molar-refractivity contribution is 6.09. The largest absolute Gasteiger partial charge is 0.385 e. The third-order valence-corrected chi connectivity index (χ3v) is 6.43. The number of benzene rings is 3. The van der Waals surface area contributed by atoms with Crippen molar-refractivity contribution in [3.63, 3.8) is 0 Å². The van der Waals surface area contributed by atoms with Gasteiger partial charge >= 0.3 is 0 Å². The van der Waals surface area contributed by atoms with E-state index in [-0.39, 0.29) is 17.4 Å². The highest BCUT2D eigenvalue weighted by atomic mass is 19.1. The Bertz CT molecular complexity index is 1100. The summed E-state index contributed by atoms with van der Waals surface area (Å²) < 4.78 is 13.0. The fourth-order valence-electron chi connectivity index (χ4n) is 4.38. The number of aliphatic hydroxyl groups is 1. The maximum atomic E-state index is 13.0. The van der Waals surface area contributed by atoms with Crippen molar-refractivity contribution in [3.8, 4) is 0 Å². The van der Waals surface area contributed by atoms with E-state index >= 15 is 0 Å². The molecule has 4 nitrogen and oxygen atoms in total. The zero-order valence-corrected chi connectivity index (χ0v) is 18.5. The number of carbonyl (C=O) groups is 2. The monoisotopic (exact) mass is 445 g/mol. The van der Waals surface area contributed by atoms with Crippen LogP contribution in [0.15, 0.2) is 78.9 Å². The van der Waals surface area contributed by atoms with Crippen LogP contribution in [0.25, 0.3) is 0 Å². The van der Waals surface area contributed by atoms with Crippen LogP contribution < -0.4 is 0 Å². The second-order valence-electron chi connectivity index (χ2n) is 8.68. The molecule has 0 amide bonds. The molecular weight excluding hydrogens is 417 g/mol. The smallest absolute Gasteiger partial charge is 0.193 e. The van der Waals surface area contributed by atoms with Gasteiger partial charge in [0.05, 0.1) is 5.60 Å². The highest BCUT2D eigenvalue weighted by Crippen LogP contribution is 2.33. The predicted molar refractivity (Wildman–Crippen MR) is 126 cm³/mol. The number of rotatable bonds is 8. The topological polar surface area (TPSA) is 57.6 Å². The van der Waals surface area contributed by atoms with E-state index in [2.05, 4.69) is 4.90 Å². The Morgan fingerprint density at radius 3 is 2.21 bits per heavy atom. The molecule has 5 heteroatoms. The summed E-state index contributed by atoms with van der Waals surface area (Å²) in [6.45, 7) is 2.21. The molecule has 0 radical (unpaired) electrons. The Labute approximate surface area is 193 Å². The molecule has 170 valence electrons. The van der Waals surface area contributed by atoms with Crippen molar-refractivity contribution in [2.45, 2.75) is 31.3 Å². The SMILES string of the molecule is O=C(CCCN1CCC(O)(c2cccc(C(=O)c3ccccc3)c2)CC1)c1ccc(F)cc1. The van der Waals surface area contributed by atoms with Crippen molar-refractivity contribution in [2.24, 2.45) is 0 Å². The second-order valence-corrected chi connectivity index (χ2v) is 8.68. The Kier molecular flexibility index (Phi) is 7.11. The van der Waals surface area contributed by atoms with E-state index in [0.29, 0.717) is 36.0 Å². The van der Waals surface area contributed by atoms with Gasteiger partial charge in [0.2, 0.25) is 0 Å². The molecule has 1 heterocycles. The number of likely N-dealkylation sites (tertiary alicyclic amines) is 1. The van der Waals surface area contributed by atoms with Gasteiger partial charge in [0.1, 0.15) is 5.82 Å². The molecule has 4 rings (SSSR count). The summed E-state index contributed by atoms with van der Waals surface area (Å²) in [5, 5.41) is 11.3. The number of hydrogen-bond donors (Lipinski definition) is 1. The molecular formula is C28H28FNO3. The fraction of sp³-hybridized carbons (Fsp3) is 0.286. The first-order valence-electron chi connectivity index (χ1n) is 11.4.